The van der Waals surface area contributed by atoms with E-state index in [1.54, 1.807) is 34.6 Å². The Morgan fingerprint density at radius 1 is 0.947 bits per heavy atom. The van der Waals surface area contributed by atoms with E-state index in [1.165, 1.54) is 0 Å². The van der Waals surface area contributed by atoms with Crippen LogP contribution in [-0.2, 0) is 23.8 Å². The van der Waals surface area contributed by atoms with Gasteiger partial charge in [-0.15, -0.1) is 0 Å². The molecular formula is C12H19NO6. The summed E-state index contributed by atoms with van der Waals surface area (Å²) in [4.78, 5) is 37.8. The van der Waals surface area contributed by atoms with Gasteiger partial charge in [0.2, 0.25) is 5.71 Å². The van der Waals surface area contributed by atoms with Crippen molar-refractivity contribution in [3.05, 3.63) is 0 Å². The van der Waals surface area contributed by atoms with Crippen LogP contribution in [0.2, 0.25) is 0 Å². The van der Waals surface area contributed by atoms with Crippen molar-refractivity contribution >= 4 is 23.7 Å². The van der Waals surface area contributed by atoms with Gasteiger partial charge in [-0.2, -0.15) is 4.99 Å². The second-order valence-corrected chi connectivity index (χ2v) is 4.38. The Hall–Kier alpha value is -1.92. The maximum absolute atomic E-state index is 11.5. The quantitative estimate of drug-likeness (QED) is 0.333. The van der Waals surface area contributed by atoms with Gasteiger partial charge in [0.05, 0.1) is 13.2 Å². The first-order valence-corrected chi connectivity index (χ1v) is 5.87. The average Bonchev–Trinajstić information content (AvgIpc) is 2.24. The molecule has 0 rings (SSSR count). The fraction of sp³-hybridized carbons (Fsp3) is 0.667. The van der Waals surface area contributed by atoms with Crippen LogP contribution in [0.25, 0.3) is 0 Å². The van der Waals surface area contributed by atoms with Gasteiger partial charge in [0.25, 0.3) is 0 Å². The van der Waals surface area contributed by atoms with E-state index in [4.69, 9.17) is 4.74 Å². The number of carbonyl (C=O) groups is 3. The second kappa shape index (κ2) is 7.50. The smallest absolute Gasteiger partial charge is 0.435 e. The molecule has 0 aliphatic heterocycles. The molecule has 19 heavy (non-hydrogen) atoms. The number of hydrogen-bond acceptors (Lipinski definition) is 6. The molecule has 0 heterocycles. The number of amides is 1. The zero-order valence-corrected chi connectivity index (χ0v) is 11.8. The lowest BCUT2D eigenvalue weighted by Crippen LogP contribution is -2.31. The average molecular weight is 273 g/mol. The second-order valence-electron chi connectivity index (χ2n) is 4.38. The molecule has 1 amide bonds. The summed E-state index contributed by atoms with van der Waals surface area (Å²) in [5.41, 5.74) is -1.51. The summed E-state index contributed by atoms with van der Waals surface area (Å²) in [6.07, 6.45) is -1.05. The Balaban J connectivity index is 5.07. The van der Waals surface area contributed by atoms with Gasteiger partial charge in [0.1, 0.15) is 5.60 Å². The summed E-state index contributed by atoms with van der Waals surface area (Å²) in [6.45, 7) is 8.12. The van der Waals surface area contributed by atoms with E-state index in [0.29, 0.717) is 0 Å². The van der Waals surface area contributed by atoms with Crippen LogP contribution in [0.5, 0.6) is 0 Å². The predicted molar refractivity (Wildman–Crippen MR) is 66.9 cm³/mol. The molecule has 0 radical (unpaired) electrons. The third kappa shape index (κ3) is 7.17. The van der Waals surface area contributed by atoms with Crippen molar-refractivity contribution in [2.45, 2.75) is 40.2 Å². The van der Waals surface area contributed by atoms with E-state index < -0.39 is 29.3 Å². The van der Waals surface area contributed by atoms with Crippen molar-refractivity contribution in [2.24, 2.45) is 4.99 Å². The molecule has 0 saturated carbocycles. The van der Waals surface area contributed by atoms with E-state index in [9.17, 15) is 14.4 Å². The number of rotatable bonds is 4. The van der Waals surface area contributed by atoms with Crippen LogP contribution < -0.4 is 0 Å². The molecule has 108 valence electrons. The number of ether oxygens (including phenoxy) is 3. The number of esters is 2. The third-order valence-electron chi connectivity index (χ3n) is 1.53. The van der Waals surface area contributed by atoms with Gasteiger partial charge >= 0.3 is 18.0 Å². The molecule has 0 aliphatic rings. The fourth-order valence-electron chi connectivity index (χ4n) is 0.950. The van der Waals surface area contributed by atoms with Crippen molar-refractivity contribution in [1.82, 2.24) is 0 Å². The Kier molecular flexibility index (Phi) is 6.74. The highest BCUT2D eigenvalue weighted by Gasteiger charge is 2.26. The predicted octanol–water partition coefficient (Wildman–Crippen LogP) is 1.49. The lowest BCUT2D eigenvalue weighted by molar-refractivity contribution is -0.140. The van der Waals surface area contributed by atoms with Crippen molar-refractivity contribution in [1.29, 1.82) is 0 Å². The Morgan fingerprint density at radius 3 is 1.68 bits per heavy atom. The number of aliphatic imine (C=N–C) groups is 1. The maximum atomic E-state index is 11.5. The molecule has 0 aromatic heterocycles. The number of carbonyl (C=O) groups excluding carboxylic acids is 3. The Morgan fingerprint density at radius 2 is 1.37 bits per heavy atom. The zero-order valence-electron chi connectivity index (χ0n) is 11.8. The highest BCUT2D eigenvalue weighted by Crippen LogP contribution is 2.08. The molecule has 0 aliphatic carbocycles. The lowest BCUT2D eigenvalue weighted by Gasteiger charge is -2.17. The third-order valence-corrected chi connectivity index (χ3v) is 1.53. The van der Waals surface area contributed by atoms with Crippen LogP contribution in [0.4, 0.5) is 4.79 Å². The number of nitrogens with zero attached hydrogens (tertiary/aromatic N) is 1. The highest BCUT2D eigenvalue weighted by molar-refractivity contribution is 6.63. The summed E-state index contributed by atoms with van der Waals surface area (Å²) in [5, 5.41) is 0. The van der Waals surface area contributed by atoms with Gasteiger partial charge in [0.15, 0.2) is 0 Å². The van der Waals surface area contributed by atoms with E-state index in [0.717, 1.165) is 0 Å². The molecule has 0 spiro atoms. The van der Waals surface area contributed by atoms with Gasteiger partial charge in [0, 0.05) is 0 Å². The molecule has 0 N–H and O–H groups in total. The first kappa shape index (κ1) is 17.1. The summed E-state index contributed by atoms with van der Waals surface area (Å²) >= 11 is 0. The van der Waals surface area contributed by atoms with Crippen molar-refractivity contribution < 1.29 is 28.6 Å². The van der Waals surface area contributed by atoms with Crippen LogP contribution in [0.15, 0.2) is 4.99 Å². The van der Waals surface area contributed by atoms with Crippen LogP contribution in [0.1, 0.15) is 34.6 Å². The first-order valence-electron chi connectivity index (χ1n) is 5.87. The van der Waals surface area contributed by atoms with Crippen LogP contribution >= 0.6 is 0 Å². The SMILES string of the molecule is CCOC(=O)C(=NC(=O)OC(C)(C)C)C(=O)OCC. The fourth-order valence-corrected chi connectivity index (χ4v) is 0.950. The van der Waals surface area contributed by atoms with E-state index in [2.05, 4.69) is 14.5 Å². The topological polar surface area (TPSA) is 91.3 Å². The van der Waals surface area contributed by atoms with E-state index in [-0.39, 0.29) is 13.2 Å². The summed E-state index contributed by atoms with van der Waals surface area (Å²) in [7, 11) is 0. The minimum atomic E-state index is -1.05. The Labute approximate surface area is 111 Å². The molecule has 0 aromatic rings. The standard InChI is InChI=1S/C12H19NO6/c1-6-17-9(14)8(10(15)18-7-2)13-11(16)19-12(3,4)5/h6-7H2,1-5H3. The molecule has 7 nitrogen and oxygen atoms in total. The van der Waals surface area contributed by atoms with Crippen molar-refractivity contribution in [3.63, 3.8) is 0 Å². The molecule has 0 bridgehead atoms. The molecule has 0 saturated heterocycles. The van der Waals surface area contributed by atoms with Crippen LogP contribution in [0, 0.1) is 0 Å². The van der Waals surface area contributed by atoms with E-state index >= 15 is 0 Å². The van der Waals surface area contributed by atoms with Gasteiger partial charge in [-0.3, -0.25) is 0 Å². The van der Waals surface area contributed by atoms with E-state index in [1.807, 2.05) is 0 Å². The normalized spacial score (nSPS) is 10.4. The van der Waals surface area contributed by atoms with Gasteiger partial charge in [-0.1, -0.05) is 0 Å². The molecule has 0 unspecified atom stereocenters. The molecule has 0 fully saturated rings. The molecular weight excluding hydrogens is 254 g/mol. The van der Waals surface area contributed by atoms with Crippen molar-refractivity contribution in [3.8, 4) is 0 Å². The minimum absolute atomic E-state index is 0.0472. The maximum Gasteiger partial charge on any atom is 0.435 e. The lowest BCUT2D eigenvalue weighted by atomic mass is 10.2. The van der Waals surface area contributed by atoms with Gasteiger partial charge in [-0.05, 0) is 34.6 Å². The van der Waals surface area contributed by atoms with Gasteiger partial charge < -0.3 is 14.2 Å². The molecule has 7 heteroatoms. The summed E-state index contributed by atoms with van der Waals surface area (Å²) < 4.78 is 14.1. The monoisotopic (exact) mass is 273 g/mol. The van der Waals surface area contributed by atoms with Crippen LogP contribution in [-0.4, -0.2) is 42.6 Å². The summed E-state index contributed by atoms with van der Waals surface area (Å²) in [6, 6.07) is 0. The Bertz CT molecular complexity index is 360. The minimum Gasteiger partial charge on any atom is -0.461 e. The van der Waals surface area contributed by atoms with Crippen molar-refractivity contribution in [2.75, 3.05) is 13.2 Å². The summed E-state index contributed by atoms with van der Waals surface area (Å²) in [5.74, 6) is -2.04. The molecule has 0 atom stereocenters. The number of hydrogen-bond donors (Lipinski definition) is 0. The first-order chi connectivity index (χ1) is 8.71. The van der Waals surface area contributed by atoms with Crippen LogP contribution in [0.3, 0.4) is 0 Å². The highest BCUT2D eigenvalue weighted by atomic mass is 16.6. The molecule has 0 aromatic carbocycles. The largest absolute Gasteiger partial charge is 0.461 e. The zero-order chi connectivity index (χ0) is 15.1. The van der Waals surface area contributed by atoms with Gasteiger partial charge in [-0.25, -0.2) is 14.4 Å².